The topological polar surface area (TPSA) is 20.2 Å². The van der Waals surface area contributed by atoms with Crippen molar-refractivity contribution in [1.29, 1.82) is 0 Å². The maximum absolute atomic E-state index is 9.38. The highest BCUT2D eigenvalue weighted by molar-refractivity contribution is 5.39. The van der Waals surface area contributed by atoms with Gasteiger partial charge in [0.25, 0.3) is 0 Å². The summed E-state index contributed by atoms with van der Waals surface area (Å²) in [4.78, 5) is 0. The molecule has 0 amide bonds. The predicted octanol–water partition coefficient (Wildman–Crippen LogP) is 3.09. The van der Waals surface area contributed by atoms with Crippen LogP contribution in [0.4, 0.5) is 0 Å². The van der Waals surface area contributed by atoms with Crippen LogP contribution in [0.5, 0.6) is 5.75 Å². The lowest BCUT2D eigenvalue weighted by molar-refractivity contribution is 0.471. The van der Waals surface area contributed by atoms with Crippen molar-refractivity contribution in [3.05, 3.63) is 36.2 Å². The lowest BCUT2D eigenvalue weighted by Crippen LogP contribution is -1.90. The normalized spacial score (nSPS) is 12.9. The fourth-order valence-electron chi connectivity index (χ4n) is 1.12. The maximum Gasteiger partial charge on any atom is 0.119 e. The Bertz CT molecular complexity index is 266. The smallest absolute Gasteiger partial charge is 0.119 e. The molecule has 1 aromatic rings. The fraction of sp³-hybridized carbons (Fsp3) is 0.364. The molecule has 1 atom stereocenters. The van der Waals surface area contributed by atoms with Crippen molar-refractivity contribution < 1.29 is 5.11 Å². The number of rotatable bonds is 2. The first kappa shape index (κ1) is 9.11. The monoisotopic (exact) mass is 163 g/mol. The first-order chi connectivity index (χ1) is 5.65. The second-order valence-corrected chi connectivity index (χ2v) is 3.20. The van der Waals surface area contributed by atoms with Crippen molar-refractivity contribution in [3.8, 4) is 5.75 Å². The molecule has 0 saturated heterocycles. The molecule has 1 radical (unpaired) electrons. The van der Waals surface area contributed by atoms with E-state index in [4.69, 9.17) is 0 Å². The van der Waals surface area contributed by atoms with Gasteiger partial charge >= 0.3 is 0 Å². The summed E-state index contributed by atoms with van der Waals surface area (Å²) in [5, 5.41) is 9.38. The maximum atomic E-state index is 9.38. The minimum atomic E-state index is 0.299. The van der Waals surface area contributed by atoms with E-state index in [1.54, 1.807) is 6.07 Å². The number of hydrogen-bond acceptors (Lipinski definition) is 1. The third-order valence-corrected chi connectivity index (χ3v) is 2.29. The standard InChI is InChI=1S/C11H15O/c1-4-8(2)10-6-5-9(3)11(12)7-10/h5-8,12H,3-4H2,1-2H3. The van der Waals surface area contributed by atoms with Gasteiger partial charge in [-0.3, -0.25) is 0 Å². The Balaban J connectivity index is 2.96. The molecule has 65 valence electrons. The van der Waals surface area contributed by atoms with Gasteiger partial charge in [0.15, 0.2) is 0 Å². The van der Waals surface area contributed by atoms with Crippen LogP contribution in [0.2, 0.25) is 0 Å². The van der Waals surface area contributed by atoms with Crippen LogP contribution in [-0.4, -0.2) is 5.11 Å². The molecular formula is C11H15O. The van der Waals surface area contributed by atoms with E-state index >= 15 is 0 Å². The van der Waals surface area contributed by atoms with E-state index in [2.05, 4.69) is 20.8 Å². The Kier molecular flexibility index (Phi) is 2.74. The number of hydrogen-bond donors (Lipinski definition) is 1. The molecule has 0 heterocycles. The van der Waals surface area contributed by atoms with E-state index in [0.29, 0.717) is 17.2 Å². The van der Waals surface area contributed by atoms with Gasteiger partial charge in [-0.25, -0.2) is 0 Å². The van der Waals surface area contributed by atoms with E-state index in [-0.39, 0.29) is 0 Å². The Morgan fingerprint density at radius 2 is 2.17 bits per heavy atom. The van der Waals surface area contributed by atoms with Gasteiger partial charge in [0.1, 0.15) is 5.75 Å². The van der Waals surface area contributed by atoms with Crippen LogP contribution in [0, 0.1) is 6.92 Å². The third kappa shape index (κ3) is 1.79. The van der Waals surface area contributed by atoms with Crippen molar-refractivity contribution in [2.24, 2.45) is 0 Å². The van der Waals surface area contributed by atoms with Crippen LogP contribution < -0.4 is 0 Å². The summed E-state index contributed by atoms with van der Waals surface area (Å²) in [7, 11) is 0. The second-order valence-electron chi connectivity index (χ2n) is 3.20. The predicted molar refractivity (Wildman–Crippen MR) is 51.3 cm³/mol. The van der Waals surface area contributed by atoms with Crippen LogP contribution >= 0.6 is 0 Å². The molecule has 1 unspecified atom stereocenters. The summed E-state index contributed by atoms with van der Waals surface area (Å²) in [5.74, 6) is 0.810. The molecule has 0 aromatic heterocycles. The first-order valence-corrected chi connectivity index (χ1v) is 4.30. The van der Waals surface area contributed by atoms with Gasteiger partial charge in [-0.15, -0.1) is 0 Å². The summed E-state index contributed by atoms with van der Waals surface area (Å²) in [6.07, 6.45) is 1.09. The van der Waals surface area contributed by atoms with Crippen molar-refractivity contribution in [2.45, 2.75) is 26.2 Å². The summed E-state index contributed by atoms with van der Waals surface area (Å²) in [6, 6.07) is 5.68. The van der Waals surface area contributed by atoms with Crippen LogP contribution in [0.15, 0.2) is 18.2 Å². The largest absolute Gasteiger partial charge is 0.508 e. The number of phenolic OH excluding ortho intramolecular Hbond substituents is 1. The molecular weight excluding hydrogens is 148 g/mol. The zero-order valence-corrected chi connectivity index (χ0v) is 7.67. The summed E-state index contributed by atoms with van der Waals surface area (Å²) in [5.41, 5.74) is 1.88. The van der Waals surface area contributed by atoms with Crippen LogP contribution in [-0.2, 0) is 0 Å². The Morgan fingerprint density at radius 1 is 1.50 bits per heavy atom. The quantitative estimate of drug-likeness (QED) is 0.710. The van der Waals surface area contributed by atoms with Gasteiger partial charge in [0.05, 0.1) is 0 Å². The lowest BCUT2D eigenvalue weighted by Gasteiger charge is -2.09. The van der Waals surface area contributed by atoms with E-state index in [0.717, 1.165) is 6.42 Å². The second kappa shape index (κ2) is 3.61. The molecule has 0 aliphatic rings. The van der Waals surface area contributed by atoms with Crippen molar-refractivity contribution in [2.75, 3.05) is 0 Å². The summed E-state index contributed by atoms with van der Waals surface area (Å²) in [6.45, 7) is 7.99. The van der Waals surface area contributed by atoms with Crippen LogP contribution in [0.3, 0.4) is 0 Å². The van der Waals surface area contributed by atoms with Gasteiger partial charge in [-0.05, 0) is 36.5 Å². The molecule has 0 aliphatic carbocycles. The fourth-order valence-corrected chi connectivity index (χ4v) is 1.12. The minimum Gasteiger partial charge on any atom is -0.508 e. The molecule has 0 fully saturated rings. The molecule has 0 aliphatic heterocycles. The van der Waals surface area contributed by atoms with E-state index in [1.165, 1.54) is 5.56 Å². The Morgan fingerprint density at radius 3 is 2.67 bits per heavy atom. The average molecular weight is 163 g/mol. The Hall–Kier alpha value is -0.980. The molecule has 0 bridgehead atoms. The van der Waals surface area contributed by atoms with Crippen molar-refractivity contribution in [1.82, 2.24) is 0 Å². The lowest BCUT2D eigenvalue weighted by atomic mass is 9.97. The van der Waals surface area contributed by atoms with Gasteiger partial charge < -0.3 is 5.11 Å². The van der Waals surface area contributed by atoms with Crippen LogP contribution in [0.25, 0.3) is 0 Å². The molecule has 1 rings (SSSR count). The molecule has 1 N–H and O–H groups in total. The zero-order valence-electron chi connectivity index (χ0n) is 7.67. The van der Waals surface area contributed by atoms with Crippen LogP contribution in [0.1, 0.15) is 37.3 Å². The van der Waals surface area contributed by atoms with E-state index < -0.39 is 0 Å². The van der Waals surface area contributed by atoms with E-state index in [9.17, 15) is 5.11 Å². The molecule has 0 spiro atoms. The molecule has 1 aromatic carbocycles. The third-order valence-electron chi connectivity index (χ3n) is 2.29. The highest BCUT2D eigenvalue weighted by atomic mass is 16.3. The number of benzene rings is 1. The van der Waals surface area contributed by atoms with Crippen molar-refractivity contribution in [3.63, 3.8) is 0 Å². The SMILES string of the molecule is [CH2]c1ccc(C(C)CC)cc1O. The molecule has 12 heavy (non-hydrogen) atoms. The summed E-state index contributed by atoms with van der Waals surface area (Å²) >= 11 is 0. The average Bonchev–Trinajstić information content (AvgIpc) is 2.08. The highest BCUT2D eigenvalue weighted by Gasteiger charge is 2.04. The zero-order chi connectivity index (χ0) is 9.14. The Labute approximate surface area is 74.1 Å². The van der Waals surface area contributed by atoms with Gasteiger partial charge in [0.2, 0.25) is 0 Å². The minimum absolute atomic E-state index is 0.299. The first-order valence-electron chi connectivity index (χ1n) is 4.30. The highest BCUT2D eigenvalue weighted by Crippen LogP contribution is 2.24. The van der Waals surface area contributed by atoms with Gasteiger partial charge in [0, 0.05) is 0 Å². The molecule has 0 saturated carbocycles. The van der Waals surface area contributed by atoms with Crippen molar-refractivity contribution >= 4 is 0 Å². The van der Waals surface area contributed by atoms with E-state index in [1.807, 2.05) is 12.1 Å². The van der Waals surface area contributed by atoms with Gasteiger partial charge in [-0.2, -0.15) is 0 Å². The number of aromatic hydroxyl groups is 1. The van der Waals surface area contributed by atoms with Gasteiger partial charge in [-0.1, -0.05) is 26.0 Å². The molecule has 1 heteroatoms. The summed E-state index contributed by atoms with van der Waals surface area (Å²) < 4.78 is 0. The number of phenols is 1. The molecule has 1 nitrogen and oxygen atoms in total.